The minimum atomic E-state index is -0.491. The number of Topliss-reactive ketones (excluding diaryl/α,β-unsaturated/α-hetero) is 1. The SMILES string of the molecule is CN(C)C(=O)Oc1ccccc1C(=O)CN1CCN(Cc2ccccc2)CC1. The van der Waals surface area contributed by atoms with Crippen LogP contribution in [0.5, 0.6) is 5.75 Å². The van der Waals surface area contributed by atoms with Crippen LogP contribution in [-0.4, -0.2) is 73.4 Å². The van der Waals surface area contributed by atoms with Gasteiger partial charge in [-0.1, -0.05) is 42.5 Å². The highest BCUT2D eigenvalue weighted by Crippen LogP contribution is 2.20. The van der Waals surface area contributed by atoms with E-state index in [0.717, 1.165) is 32.7 Å². The quantitative estimate of drug-likeness (QED) is 0.720. The predicted octanol–water partition coefficient (Wildman–Crippen LogP) is 2.75. The zero-order valence-corrected chi connectivity index (χ0v) is 16.5. The second-order valence-corrected chi connectivity index (χ2v) is 7.22. The molecule has 0 atom stereocenters. The summed E-state index contributed by atoms with van der Waals surface area (Å²) < 4.78 is 5.34. The second kappa shape index (κ2) is 9.48. The van der Waals surface area contributed by atoms with Gasteiger partial charge in [0.15, 0.2) is 5.78 Å². The summed E-state index contributed by atoms with van der Waals surface area (Å²) >= 11 is 0. The lowest BCUT2D eigenvalue weighted by molar-refractivity contribution is 0.0841. The monoisotopic (exact) mass is 381 g/mol. The molecule has 1 saturated heterocycles. The van der Waals surface area contributed by atoms with Gasteiger partial charge < -0.3 is 9.64 Å². The summed E-state index contributed by atoms with van der Waals surface area (Å²) in [6.45, 7) is 4.82. The van der Waals surface area contributed by atoms with Gasteiger partial charge in [-0.3, -0.25) is 14.6 Å². The molecule has 0 spiro atoms. The van der Waals surface area contributed by atoms with Crippen molar-refractivity contribution in [2.75, 3.05) is 46.8 Å². The Morgan fingerprint density at radius 2 is 1.50 bits per heavy atom. The molecule has 6 nitrogen and oxygen atoms in total. The number of hydrogen-bond acceptors (Lipinski definition) is 5. The van der Waals surface area contributed by atoms with Gasteiger partial charge in [0.2, 0.25) is 0 Å². The van der Waals surface area contributed by atoms with Gasteiger partial charge in [0, 0.05) is 46.8 Å². The maximum atomic E-state index is 12.8. The van der Waals surface area contributed by atoms with E-state index in [0.29, 0.717) is 17.9 Å². The Morgan fingerprint density at radius 3 is 2.18 bits per heavy atom. The number of carbonyl (C=O) groups is 2. The zero-order valence-electron chi connectivity index (χ0n) is 16.5. The standard InChI is InChI=1S/C22H27N3O3/c1-23(2)22(27)28-21-11-7-6-10-19(21)20(26)17-25-14-12-24(13-15-25)16-18-8-4-3-5-9-18/h3-11H,12-17H2,1-2H3. The summed E-state index contributed by atoms with van der Waals surface area (Å²) in [4.78, 5) is 30.5. The largest absolute Gasteiger partial charge is 0.414 e. The molecule has 0 aromatic heterocycles. The number of benzene rings is 2. The first-order chi connectivity index (χ1) is 13.5. The molecular formula is C22H27N3O3. The lowest BCUT2D eigenvalue weighted by atomic mass is 10.1. The van der Waals surface area contributed by atoms with Crippen LogP contribution in [-0.2, 0) is 6.54 Å². The van der Waals surface area contributed by atoms with Crippen LogP contribution in [0.1, 0.15) is 15.9 Å². The van der Waals surface area contributed by atoms with E-state index in [2.05, 4.69) is 34.1 Å². The van der Waals surface area contributed by atoms with Crippen LogP contribution < -0.4 is 4.74 Å². The fraction of sp³-hybridized carbons (Fsp3) is 0.364. The number of amides is 1. The van der Waals surface area contributed by atoms with Crippen LogP contribution in [0.25, 0.3) is 0 Å². The van der Waals surface area contributed by atoms with Crippen molar-refractivity contribution in [3.63, 3.8) is 0 Å². The van der Waals surface area contributed by atoms with E-state index in [1.165, 1.54) is 10.5 Å². The predicted molar refractivity (Wildman–Crippen MR) is 109 cm³/mol. The molecule has 0 aliphatic carbocycles. The Morgan fingerprint density at radius 1 is 0.893 bits per heavy atom. The van der Waals surface area contributed by atoms with Gasteiger partial charge >= 0.3 is 6.09 Å². The van der Waals surface area contributed by atoms with Crippen molar-refractivity contribution >= 4 is 11.9 Å². The lowest BCUT2D eigenvalue weighted by Gasteiger charge is -2.34. The van der Waals surface area contributed by atoms with Crippen LogP contribution in [0.2, 0.25) is 0 Å². The first kappa shape index (κ1) is 20.0. The number of ketones is 1. The molecule has 2 aromatic rings. The molecule has 1 aliphatic heterocycles. The number of nitrogens with zero attached hydrogens (tertiary/aromatic N) is 3. The summed E-state index contributed by atoms with van der Waals surface area (Å²) in [5.41, 5.74) is 1.76. The van der Waals surface area contributed by atoms with E-state index >= 15 is 0 Å². The molecule has 0 N–H and O–H groups in total. The highest BCUT2D eigenvalue weighted by Gasteiger charge is 2.22. The highest BCUT2D eigenvalue weighted by molar-refractivity contribution is 6.00. The molecular weight excluding hydrogens is 354 g/mol. The highest BCUT2D eigenvalue weighted by atomic mass is 16.6. The smallest absolute Gasteiger partial charge is 0.409 e. The molecule has 6 heteroatoms. The van der Waals surface area contributed by atoms with Gasteiger partial charge in [-0.2, -0.15) is 0 Å². The molecule has 148 valence electrons. The van der Waals surface area contributed by atoms with E-state index < -0.39 is 6.09 Å². The van der Waals surface area contributed by atoms with Crippen LogP contribution in [0.4, 0.5) is 4.79 Å². The molecule has 28 heavy (non-hydrogen) atoms. The van der Waals surface area contributed by atoms with Crippen molar-refractivity contribution in [1.82, 2.24) is 14.7 Å². The first-order valence-corrected chi connectivity index (χ1v) is 9.53. The second-order valence-electron chi connectivity index (χ2n) is 7.22. The molecule has 0 radical (unpaired) electrons. The number of hydrogen-bond donors (Lipinski definition) is 0. The van der Waals surface area contributed by atoms with Crippen molar-refractivity contribution < 1.29 is 14.3 Å². The minimum absolute atomic E-state index is 0.0290. The van der Waals surface area contributed by atoms with Crippen molar-refractivity contribution in [3.05, 3.63) is 65.7 Å². The Labute approximate surface area is 166 Å². The van der Waals surface area contributed by atoms with Crippen LogP contribution in [0.3, 0.4) is 0 Å². The van der Waals surface area contributed by atoms with E-state index in [-0.39, 0.29) is 5.78 Å². The normalized spacial score (nSPS) is 15.2. The zero-order chi connectivity index (χ0) is 19.9. The van der Waals surface area contributed by atoms with Crippen molar-refractivity contribution in [2.24, 2.45) is 0 Å². The number of carbonyl (C=O) groups excluding carboxylic acids is 2. The molecule has 0 bridgehead atoms. The molecule has 1 aliphatic rings. The molecule has 3 rings (SSSR count). The summed E-state index contributed by atoms with van der Waals surface area (Å²) in [5, 5.41) is 0. The third kappa shape index (κ3) is 5.41. The maximum absolute atomic E-state index is 12.8. The van der Waals surface area contributed by atoms with E-state index in [9.17, 15) is 9.59 Å². The van der Waals surface area contributed by atoms with Crippen molar-refractivity contribution in [2.45, 2.75) is 6.54 Å². The topological polar surface area (TPSA) is 53.1 Å². The number of piperazine rings is 1. The Bertz CT molecular complexity index is 800. The molecule has 1 amide bonds. The van der Waals surface area contributed by atoms with E-state index in [4.69, 9.17) is 4.74 Å². The van der Waals surface area contributed by atoms with Crippen molar-refractivity contribution in [1.29, 1.82) is 0 Å². The molecule has 1 heterocycles. The van der Waals surface area contributed by atoms with Crippen LogP contribution in [0.15, 0.2) is 54.6 Å². The van der Waals surface area contributed by atoms with Crippen molar-refractivity contribution in [3.8, 4) is 5.75 Å². The van der Waals surface area contributed by atoms with Crippen LogP contribution in [0, 0.1) is 0 Å². The molecule has 0 unspecified atom stereocenters. The lowest BCUT2D eigenvalue weighted by Crippen LogP contribution is -2.47. The number of ether oxygens (including phenoxy) is 1. The Hall–Kier alpha value is -2.70. The summed E-state index contributed by atoms with van der Waals surface area (Å²) in [5.74, 6) is 0.285. The van der Waals surface area contributed by atoms with Gasteiger partial charge in [0.25, 0.3) is 0 Å². The summed E-state index contributed by atoms with van der Waals surface area (Å²) in [6, 6.07) is 17.4. The Kier molecular flexibility index (Phi) is 6.79. The van der Waals surface area contributed by atoms with Gasteiger partial charge in [-0.15, -0.1) is 0 Å². The fourth-order valence-corrected chi connectivity index (χ4v) is 3.21. The number of para-hydroxylation sites is 1. The average Bonchev–Trinajstić information content (AvgIpc) is 2.70. The van der Waals surface area contributed by atoms with E-state index in [1.54, 1.807) is 38.4 Å². The van der Waals surface area contributed by atoms with Gasteiger partial charge in [0.05, 0.1) is 12.1 Å². The van der Waals surface area contributed by atoms with E-state index in [1.807, 2.05) is 6.07 Å². The maximum Gasteiger partial charge on any atom is 0.414 e. The molecule has 0 saturated carbocycles. The third-order valence-corrected chi connectivity index (χ3v) is 4.83. The number of rotatable bonds is 6. The van der Waals surface area contributed by atoms with Gasteiger partial charge in [-0.05, 0) is 17.7 Å². The fourth-order valence-electron chi connectivity index (χ4n) is 3.21. The average molecular weight is 381 g/mol. The molecule has 1 fully saturated rings. The summed E-state index contributed by atoms with van der Waals surface area (Å²) in [6.07, 6.45) is -0.491. The third-order valence-electron chi connectivity index (χ3n) is 4.83. The minimum Gasteiger partial charge on any atom is -0.409 e. The van der Waals surface area contributed by atoms with Crippen LogP contribution >= 0.6 is 0 Å². The summed E-state index contributed by atoms with van der Waals surface area (Å²) in [7, 11) is 3.23. The van der Waals surface area contributed by atoms with Gasteiger partial charge in [-0.25, -0.2) is 4.79 Å². The first-order valence-electron chi connectivity index (χ1n) is 9.53. The molecule has 2 aromatic carbocycles. The van der Waals surface area contributed by atoms with Gasteiger partial charge in [0.1, 0.15) is 5.75 Å². The Balaban J connectivity index is 1.54.